The number of aliphatic hydroxyl groups is 1. The van der Waals surface area contributed by atoms with Gasteiger partial charge in [0, 0.05) is 11.3 Å². The van der Waals surface area contributed by atoms with Gasteiger partial charge in [-0.1, -0.05) is 17.7 Å². The van der Waals surface area contributed by atoms with E-state index in [-0.39, 0.29) is 0 Å². The van der Waals surface area contributed by atoms with Crippen LogP contribution in [0.25, 0.3) is 0 Å². The van der Waals surface area contributed by atoms with Crippen LogP contribution in [-0.2, 0) is 6.42 Å². The molecule has 1 aromatic carbocycles. The number of halogens is 2. The second-order valence-corrected chi connectivity index (χ2v) is 6.47. The molecule has 18 heavy (non-hydrogen) atoms. The van der Waals surface area contributed by atoms with E-state index in [1.54, 1.807) is 7.11 Å². The lowest BCUT2D eigenvalue weighted by atomic mass is 10.1. The predicted molar refractivity (Wildman–Crippen MR) is 78.7 cm³/mol. The number of rotatable bonds is 4. The highest BCUT2D eigenvalue weighted by Crippen LogP contribution is 2.31. The molecule has 0 saturated carbocycles. The Morgan fingerprint density at radius 1 is 1.39 bits per heavy atom. The third-order valence-electron chi connectivity index (χ3n) is 2.58. The molecular weight excluding hydrogens is 336 g/mol. The molecule has 0 fully saturated rings. The summed E-state index contributed by atoms with van der Waals surface area (Å²) in [7, 11) is 1.61. The van der Waals surface area contributed by atoms with Crippen molar-refractivity contribution >= 4 is 38.9 Å². The first-order valence-corrected chi connectivity index (χ1v) is 7.34. The summed E-state index contributed by atoms with van der Waals surface area (Å²) in [5.41, 5.74) is 0.854. The molecule has 0 bridgehead atoms. The molecular formula is C13H12BrClO2S. The zero-order valence-corrected chi connectivity index (χ0v) is 12.8. The third kappa shape index (κ3) is 3.26. The molecule has 1 aromatic heterocycles. The SMILES string of the molecule is COc1ccc(C(O)Cc2ccc(Cl)s2)cc1Br. The number of methoxy groups -OCH3 is 1. The molecule has 2 aromatic rings. The van der Waals surface area contributed by atoms with Gasteiger partial charge in [0.1, 0.15) is 5.75 Å². The van der Waals surface area contributed by atoms with E-state index in [1.165, 1.54) is 11.3 Å². The molecule has 1 heterocycles. The second-order valence-electron chi connectivity index (χ2n) is 3.82. The summed E-state index contributed by atoms with van der Waals surface area (Å²) in [6.45, 7) is 0. The highest BCUT2D eigenvalue weighted by atomic mass is 79.9. The predicted octanol–water partition coefficient (Wildman–Crippen LogP) is 4.45. The van der Waals surface area contributed by atoms with Gasteiger partial charge in [-0.15, -0.1) is 11.3 Å². The van der Waals surface area contributed by atoms with Gasteiger partial charge in [0.05, 0.1) is 22.0 Å². The maximum absolute atomic E-state index is 10.2. The lowest BCUT2D eigenvalue weighted by Crippen LogP contribution is -2.00. The Bertz CT molecular complexity index is 542. The van der Waals surface area contributed by atoms with E-state index < -0.39 is 6.10 Å². The fourth-order valence-corrected chi connectivity index (χ4v) is 3.34. The summed E-state index contributed by atoms with van der Waals surface area (Å²) in [5, 5.41) is 10.2. The van der Waals surface area contributed by atoms with E-state index in [4.69, 9.17) is 16.3 Å². The molecule has 0 aliphatic carbocycles. The molecule has 5 heteroatoms. The van der Waals surface area contributed by atoms with Crippen molar-refractivity contribution < 1.29 is 9.84 Å². The van der Waals surface area contributed by atoms with Gasteiger partial charge < -0.3 is 9.84 Å². The third-order valence-corrected chi connectivity index (χ3v) is 4.46. The minimum absolute atomic E-state index is 0.540. The van der Waals surface area contributed by atoms with Crippen LogP contribution in [0.4, 0.5) is 0 Å². The Morgan fingerprint density at radius 3 is 2.72 bits per heavy atom. The van der Waals surface area contributed by atoms with Crippen molar-refractivity contribution in [2.45, 2.75) is 12.5 Å². The normalized spacial score (nSPS) is 12.4. The van der Waals surface area contributed by atoms with Crippen LogP contribution >= 0.6 is 38.9 Å². The van der Waals surface area contributed by atoms with Crippen LogP contribution in [0.1, 0.15) is 16.5 Å². The van der Waals surface area contributed by atoms with Gasteiger partial charge in [0.15, 0.2) is 0 Å². The summed E-state index contributed by atoms with van der Waals surface area (Å²) in [6, 6.07) is 9.36. The lowest BCUT2D eigenvalue weighted by molar-refractivity contribution is 0.179. The standard InChI is InChI=1S/C13H12BrClO2S/c1-17-12-4-2-8(6-10(12)14)11(16)7-9-3-5-13(15)18-9/h2-6,11,16H,7H2,1H3. The average molecular weight is 348 g/mol. The minimum Gasteiger partial charge on any atom is -0.496 e. The highest BCUT2D eigenvalue weighted by molar-refractivity contribution is 9.10. The fraction of sp³-hybridized carbons (Fsp3) is 0.231. The first-order chi connectivity index (χ1) is 8.60. The number of hydrogen-bond acceptors (Lipinski definition) is 3. The van der Waals surface area contributed by atoms with Crippen molar-refractivity contribution in [3.05, 3.63) is 49.6 Å². The van der Waals surface area contributed by atoms with Crippen molar-refractivity contribution in [1.29, 1.82) is 0 Å². The summed E-state index contributed by atoms with van der Waals surface area (Å²) in [4.78, 5) is 1.07. The monoisotopic (exact) mass is 346 g/mol. The van der Waals surface area contributed by atoms with Crippen LogP contribution in [0.3, 0.4) is 0 Å². The first-order valence-electron chi connectivity index (χ1n) is 5.36. The smallest absolute Gasteiger partial charge is 0.133 e. The fourth-order valence-electron chi connectivity index (χ4n) is 1.66. The number of hydrogen-bond donors (Lipinski definition) is 1. The molecule has 2 nitrogen and oxygen atoms in total. The Balaban J connectivity index is 2.13. The summed E-state index contributed by atoms with van der Waals surface area (Å²) < 4.78 is 6.74. The maximum atomic E-state index is 10.2. The highest BCUT2D eigenvalue weighted by Gasteiger charge is 2.12. The van der Waals surface area contributed by atoms with Crippen LogP contribution in [0.2, 0.25) is 4.34 Å². The summed E-state index contributed by atoms with van der Waals surface area (Å²) in [5.74, 6) is 0.755. The molecule has 1 atom stereocenters. The molecule has 0 radical (unpaired) electrons. The first kappa shape index (κ1) is 13.9. The number of ether oxygens (including phenoxy) is 1. The largest absolute Gasteiger partial charge is 0.496 e. The molecule has 0 spiro atoms. The van der Waals surface area contributed by atoms with Gasteiger partial charge in [-0.3, -0.25) is 0 Å². The van der Waals surface area contributed by atoms with Crippen molar-refractivity contribution in [3.63, 3.8) is 0 Å². The summed E-state index contributed by atoms with van der Waals surface area (Å²) >= 11 is 10.8. The minimum atomic E-state index is -0.540. The van der Waals surface area contributed by atoms with Crippen LogP contribution in [-0.4, -0.2) is 12.2 Å². The van der Waals surface area contributed by atoms with Crippen LogP contribution in [0, 0.1) is 0 Å². The Labute approximate surface area is 123 Å². The number of benzene rings is 1. The lowest BCUT2D eigenvalue weighted by Gasteiger charge is -2.11. The topological polar surface area (TPSA) is 29.5 Å². The molecule has 1 unspecified atom stereocenters. The number of aliphatic hydroxyl groups excluding tert-OH is 1. The zero-order chi connectivity index (χ0) is 13.1. The molecule has 0 amide bonds. The van der Waals surface area contributed by atoms with Crippen molar-refractivity contribution in [2.75, 3.05) is 7.11 Å². The Hall–Kier alpha value is -0.550. The molecule has 2 rings (SSSR count). The van der Waals surface area contributed by atoms with Crippen LogP contribution in [0.5, 0.6) is 5.75 Å². The van der Waals surface area contributed by atoms with E-state index in [0.717, 1.165) is 25.0 Å². The average Bonchev–Trinajstić information content (AvgIpc) is 2.74. The van der Waals surface area contributed by atoms with Crippen molar-refractivity contribution in [3.8, 4) is 5.75 Å². The molecule has 0 aliphatic rings. The van der Waals surface area contributed by atoms with Gasteiger partial charge in [-0.2, -0.15) is 0 Å². The van der Waals surface area contributed by atoms with Crippen LogP contribution < -0.4 is 4.74 Å². The van der Waals surface area contributed by atoms with E-state index in [2.05, 4.69) is 15.9 Å². The van der Waals surface area contributed by atoms with Gasteiger partial charge in [0.2, 0.25) is 0 Å². The molecule has 0 saturated heterocycles. The van der Waals surface area contributed by atoms with Crippen molar-refractivity contribution in [1.82, 2.24) is 0 Å². The van der Waals surface area contributed by atoms with Crippen molar-refractivity contribution in [2.24, 2.45) is 0 Å². The van der Waals surface area contributed by atoms with Gasteiger partial charge in [0.25, 0.3) is 0 Å². The molecule has 96 valence electrons. The van der Waals surface area contributed by atoms with E-state index in [0.29, 0.717) is 6.42 Å². The number of thiophene rings is 1. The zero-order valence-electron chi connectivity index (χ0n) is 9.69. The Morgan fingerprint density at radius 2 is 2.17 bits per heavy atom. The second kappa shape index (κ2) is 6.06. The summed E-state index contributed by atoms with van der Waals surface area (Å²) in [6.07, 6.45) is 0.0257. The van der Waals surface area contributed by atoms with Gasteiger partial charge in [-0.05, 0) is 45.8 Å². The van der Waals surface area contributed by atoms with Crippen LogP contribution in [0.15, 0.2) is 34.8 Å². The van der Waals surface area contributed by atoms with E-state index in [9.17, 15) is 5.11 Å². The quantitative estimate of drug-likeness (QED) is 0.885. The van der Waals surface area contributed by atoms with E-state index >= 15 is 0 Å². The molecule has 1 N–H and O–H groups in total. The van der Waals surface area contributed by atoms with E-state index in [1.807, 2.05) is 30.3 Å². The molecule has 0 aliphatic heterocycles. The van der Waals surface area contributed by atoms with Gasteiger partial charge in [-0.25, -0.2) is 0 Å². The maximum Gasteiger partial charge on any atom is 0.133 e. The van der Waals surface area contributed by atoms with Gasteiger partial charge >= 0.3 is 0 Å². The Kier molecular flexibility index (Phi) is 4.67.